The monoisotopic (exact) mass is 305 g/mol. The molecule has 0 radical (unpaired) electrons. The molecule has 21 heavy (non-hydrogen) atoms. The molecule has 1 atom stereocenters. The molecule has 0 aromatic heterocycles. The van der Waals surface area contributed by atoms with Crippen molar-refractivity contribution in [3.05, 3.63) is 35.4 Å². The zero-order chi connectivity index (χ0) is 15.6. The number of thiocarbonyl (C=S) groups is 1. The lowest BCUT2D eigenvalue weighted by Crippen LogP contribution is -2.52. The summed E-state index contributed by atoms with van der Waals surface area (Å²) in [6.45, 7) is 1.44. The van der Waals surface area contributed by atoms with Crippen LogP contribution in [0, 0.1) is 0 Å². The number of Topliss-reactive ketones (excluding diaryl/α,β-unsaturated/α-hetero) is 1. The standard InChI is InChI=1S/C15H15NO4S/c1-9(17)6-7-13(21)16-12(15(19)20)8-10-4-2-3-5-11(10)14(16)18/h2-5,12H,6-8H2,1H3,(H,19,20). The number of benzene rings is 1. The van der Waals surface area contributed by atoms with Crippen LogP contribution in [0.25, 0.3) is 0 Å². The van der Waals surface area contributed by atoms with Gasteiger partial charge >= 0.3 is 5.97 Å². The number of hydrogen-bond acceptors (Lipinski definition) is 4. The summed E-state index contributed by atoms with van der Waals surface area (Å²) in [6.07, 6.45) is 0.635. The van der Waals surface area contributed by atoms with E-state index in [0.717, 1.165) is 4.90 Å². The highest BCUT2D eigenvalue weighted by atomic mass is 32.1. The molecule has 0 aliphatic carbocycles. The zero-order valence-electron chi connectivity index (χ0n) is 11.5. The molecule has 1 aromatic rings. The zero-order valence-corrected chi connectivity index (χ0v) is 12.4. The number of rotatable bonds is 4. The minimum absolute atomic E-state index is 0.0471. The highest BCUT2D eigenvalue weighted by Gasteiger charge is 2.38. The van der Waals surface area contributed by atoms with Crippen molar-refractivity contribution >= 4 is 34.9 Å². The van der Waals surface area contributed by atoms with Crippen molar-refractivity contribution < 1.29 is 19.5 Å². The van der Waals surface area contributed by atoms with E-state index in [9.17, 15) is 19.5 Å². The Balaban J connectivity index is 2.33. The summed E-state index contributed by atoms with van der Waals surface area (Å²) in [6, 6.07) is 5.91. The molecule has 0 saturated heterocycles. The van der Waals surface area contributed by atoms with Crippen LogP contribution in [-0.2, 0) is 16.0 Å². The fraction of sp³-hybridized carbons (Fsp3) is 0.333. The SMILES string of the molecule is CC(=O)CCC(=S)N1C(=O)c2ccccc2CC1C(=O)O. The summed E-state index contributed by atoms with van der Waals surface area (Å²) in [4.78, 5) is 36.3. The van der Waals surface area contributed by atoms with Gasteiger partial charge in [-0.05, 0) is 18.6 Å². The molecule has 1 heterocycles. The molecule has 110 valence electrons. The average molecular weight is 305 g/mol. The maximum absolute atomic E-state index is 12.5. The van der Waals surface area contributed by atoms with Gasteiger partial charge in [-0.3, -0.25) is 9.69 Å². The fourth-order valence-electron chi connectivity index (χ4n) is 2.37. The maximum atomic E-state index is 12.5. The Morgan fingerprint density at radius 3 is 2.62 bits per heavy atom. The highest BCUT2D eigenvalue weighted by molar-refractivity contribution is 7.80. The van der Waals surface area contributed by atoms with Gasteiger partial charge in [0.15, 0.2) is 0 Å². The Bertz CT molecular complexity index is 626. The maximum Gasteiger partial charge on any atom is 0.327 e. The third-order valence-corrected chi connectivity index (χ3v) is 3.84. The number of carbonyl (C=O) groups excluding carboxylic acids is 2. The topological polar surface area (TPSA) is 74.7 Å². The Hall–Kier alpha value is -2.08. The Labute approximate surface area is 127 Å². The first kappa shape index (κ1) is 15.3. The lowest BCUT2D eigenvalue weighted by Gasteiger charge is -2.34. The Morgan fingerprint density at radius 2 is 2.00 bits per heavy atom. The summed E-state index contributed by atoms with van der Waals surface area (Å²) < 4.78 is 0. The summed E-state index contributed by atoms with van der Waals surface area (Å²) in [5, 5.41) is 9.36. The molecule has 1 unspecified atom stereocenters. The third kappa shape index (κ3) is 3.16. The van der Waals surface area contributed by atoms with Gasteiger partial charge in [0.25, 0.3) is 5.91 Å². The molecule has 1 aliphatic heterocycles. The molecule has 0 bridgehead atoms. The number of carboxylic acids is 1. The van der Waals surface area contributed by atoms with Gasteiger partial charge in [0.05, 0.1) is 4.99 Å². The van der Waals surface area contributed by atoms with E-state index in [1.54, 1.807) is 24.3 Å². The first-order valence-electron chi connectivity index (χ1n) is 6.58. The van der Waals surface area contributed by atoms with Crippen molar-refractivity contribution in [2.24, 2.45) is 0 Å². The van der Waals surface area contributed by atoms with Crippen LogP contribution in [0.3, 0.4) is 0 Å². The summed E-state index contributed by atoms with van der Waals surface area (Å²) in [5.41, 5.74) is 1.18. The molecular weight excluding hydrogens is 290 g/mol. The predicted octanol–water partition coefficient (Wildman–Crippen LogP) is 1.83. The first-order valence-corrected chi connectivity index (χ1v) is 6.99. The normalized spacial score (nSPS) is 17.3. The Kier molecular flexibility index (Phi) is 4.47. The second-order valence-electron chi connectivity index (χ2n) is 4.99. The number of ketones is 1. The van der Waals surface area contributed by atoms with Crippen molar-refractivity contribution in [2.75, 3.05) is 0 Å². The lowest BCUT2D eigenvalue weighted by atomic mass is 9.93. The van der Waals surface area contributed by atoms with Crippen LogP contribution in [0.15, 0.2) is 24.3 Å². The van der Waals surface area contributed by atoms with E-state index in [4.69, 9.17) is 12.2 Å². The van der Waals surface area contributed by atoms with Crippen LogP contribution in [0.4, 0.5) is 0 Å². The van der Waals surface area contributed by atoms with Crippen LogP contribution >= 0.6 is 12.2 Å². The smallest absolute Gasteiger partial charge is 0.327 e. The van der Waals surface area contributed by atoms with Gasteiger partial charge in [-0.1, -0.05) is 30.4 Å². The van der Waals surface area contributed by atoms with Crippen molar-refractivity contribution in [3.8, 4) is 0 Å². The average Bonchev–Trinajstić information content (AvgIpc) is 2.44. The molecule has 1 aliphatic rings. The lowest BCUT2D eigenvalue weighted by molar-refractivity contribution is -0.141. The van der Waals surface area contributed by atoms with Crippen LogP contribution in [0.2, 0.25) is 0 Å². The number of fused-ring (bicyclic) bond motifs is 1. The summed E-state index contributed by atoms with van der Waals surface area (Å²) >= 11 is 5.18. The number of nitrogens with zero attached hydrogens (tertiary/aromatic N) is 1. The van der Waals surface area contributed by atoms with Crippen LogP contribution < -0.4 is 0 Å². The van der Waals surface area contributed by atoms with Crippen molar-refractivity contribution in [1.82, 2.24) is 4.90 Å². The van der Waals surface area contributed by atoms with E-state index in [0.29, 0.717) is 11.1 Å². The quantitative estimate of drug-likeness (QED) is 0.859. The molecule has 6 heteroatoms. The van der Waals surface area contributed by atoms with Gasteiger partial charge in [-0.25, -0.2) is 4.79 Å². The predicted molar refractivity (Wildman–Crippen MR) is 80.3 cm³/mol. The molecule has 1 aromatic carbocycles. The molecule has 2 rings (SSSR count). The molecule has 0 spiro atoms. The van der Waals surface area contributed by atoms with Crippen molar-refractivity contribution in [1.29, 1.82) is 0 Å². The van der Waals surface area contributed by atoms with Gasteiger partial charge in [-0.15, -0.1) is 0 Å². The van der Waals surface area contributed by atoms with E-state index >= 15 is 0 Å². The van der Waals surface area contributed by atoms with Crippen molar-refractivity contribution in [2.45, 2.75) is 32.2 Å². The van der Waals surface area contributed by atoms with Gasteiger partial charge in [0.1, 0.15) is 11.8 Å². The summed E-state index contributed by atoms with van der Waals surface area (Å²) in [5.74, 6) is -1.55. The van der Waals surface area contributed by atoms with E-state index < -0.39 is 17.9 Å². The molecule has 5 nitrogen and oxygen atoms in total. The molecule has 0 saturated carbocycles. The third-order valence-electron chi connectivity index (χ3n) is 3.44. The molecule has 0 fully saturated rings. The van der Waals surface area contributed by atoms with Crippen LogP contribution in [0.5, 0.6) is 0 Å². The van der Waals surface area contributed by atoms with Crippen molar-refractivity contribution in [3.63, 3.8) is 0 Å². The summed E-state index contributed by atoms with van der Waals surface area (Å²) in [7, 11) is 0. The molecule has 1 amide bonds. The van der Waals surface area contributed by atoms with Crippen LogP contribution in [-0.4, -0.2) is 38.7 Å². The first-order chi connectivity index (χ1) is 9.91. The van der Waals surface area contributed by atoms with Gasteiger partial charge in [0, 0.05) is 24.8 Å². The van der Waals surface area contributed by atoms with E-state index in [2.05, 4.69) is 0 Å². The largest absolute Gasteiger partial charge is 0.480 e. The van der Waals surface area contributed by atoms with E-state index in [-0.39, 0.29) is 30.0 Å². The fourth-order valence-corrected chi connectivity index (χ4v) is 2.68. The molecule has 1 N–H and O–H groups in total. The van der Waals surface area contributed by atoms with Gasteiger partial charge in [-0.2, -0.15) is 0 Å². The van der Waals surface area contributed by atoms with Crippen LogP contribution in [0.1, 0.15) is 35.7 Å². The van der Waals surface area contributed by atoms with Gasteiger partial charge < -0.3 is 9.90 Å². The minimum Gasteiger partial charge on any atom is -0.480 e. The van der Waals surface area contributed by atoms with E-state index in [1.165, 1.54) is 6.92 Å². The number of carbonyl (C=O) groups is 3. The number of aliphatic carboxylic acids is 1. The number of carboxylic acid groups (broad SMARTS) is 1. The molecular formula is C15H15NO4S. The second kappa shape index (κ2) is 6.13. The van der Waals surface area contributed by atoms with E-state index in [1.807, 2.05) is 0 Å². The second-order valence-corrected chi connectivity index (χ2v) is 5.46. The highest BCUT2D eigenvalue weighted by Crippen LogP contribution is 2.25. The number of hydrogen-bond donors (Lipinski definition) is 1. The Morgan fingerprint density at radius 1 is 1.33 bits per heavy atom. The number of amides is 1. The van der Waals surface area contributed by atoms with Gasteiger partial charge in [0.2, 0.25) is 0 Å². The minimum atomic E-state index is -1.09.